The van der Waals surface area contributed by atoms with Gasteiger partial charge >= 0.3 is 0 Å². The first kappa shape index (κ1) is 21.7. The lowest BCUT2D eigenvalue weighted by Crippen LogP contribution is -2.37. The molecule has 0 fully saturated rings. The summed E-state index contributed by atoms with van der Waals surface area (Å²) in [5, 5.41) is 3.70. The molecule has 0 aliphatic carbocycles. The number of nitrogens with one attached hydrogen (secondary N) is 1. The molecule has 1 heterocycles. The molecule has 1 aromatic heterocycles. The largest absolute Gasteiger partial charge is 0.301 e. The van der Waals surface area contributed by atoms with E-state index in [9.17, 15) is 4.79 Å². The Morgan fingerprint density at radius 2 is 1.41 bits per heavy atom. The Hall–Kier alpha value is -1.98. The third-order valence-electron chi connectivity index (χ3n) is 5.09. The van der Waals surface area contributed by atoms with E-state index < -0.39 is 5.41 Å². The van der Waals surface area contributed by atoms with Crippen molar-refractivity contribution in [3.8, 4) is 0 Å². The summed E-state index contributed by atoms with van der Waals surface area (Å²) in [6.45, 7) is 10.3. The fourth-order valence-electron chi connectivity index (χ4n) is 3.52. The minimum absolute atomic E-state index is 0.0445. The van der Waals surface area contributed by atoms with Gasteiger partial charge in [0.25, 0.3) is 0 Å². The highest BCUT2D eigenvalue weighted by atomic mass is 79.9. The molecule has 152 valence electrons. The number of benzene rings is 2. The number of nitrogens with zero attached hydrogens (tertiary/aromatic N) is 1. The van der Waals surface area contributed by atoms with Gasteiger partial charge in [-0.3, -0.25) is 4.79 Å². The topological polar surface area (TPSA) is 42.0 Å². The summed E-state index contributed by atoms with van der Waals surface area (Å²) in [5.41, 5.74) is 2.43. The number of anilines is 1. The highest BCUT2D eigenvalue weighted by Gasteiger charge is 2.39. The van der Waals surface area contributed by atoms with Crippen LogP contribution in [0.2, 0.25) is 0 Å². The van der Waals surface area contributed by atoms with Gasteiger partial charge in [0.15, 0.2) is 5.13 Å². The second-order valence-corrected chi connectivity index (χ2v) is 11.1. The molecule has 3 rings (SSSR count). The highest BCUT2D eigenvalue weighted by molar-refractivity contribution is 9.11. The number of carbonyl (C=O) groups excluding carboxylic acids is 1. The van der Waals surface area contributed by atoms with Crippen LogP contribution < -0.4 is 5.32 Å². The number of aromatic nitrogens is 1. The van der Waals surface area contributed by atoms with E-state index in [0.29, 0.717) is 5.13 Å². The van der Waals surface area contributed by atoms with Crippen LogP contribution in [0.5, 0.6) is 0 Å². The predicted molar refractivity (Wildman–Crippen MR) is 126 cm³/mol. The van der Waals surface area contributed by atoms with Gasteiger partial charge in [-0.15, -0.1) is 0 Å². The van der Waals surface area contributed by atoms with E-state index in [1.54, 1.807) is 0 Å². The highest BCUT2D eigenvalue weighted by Crippen LogP contribution is 2.42. The quantitative estimate of drug-likeness (QED) is 0.435. The van der Waals surface area contributed by atoms with Crippen LogP contribution in [-0.2, 0) is 10.2 Å². The maximum absolute atomic E-state index is 13.4. The zero-order chi connectivity index (χ0) is 21.2. The van der Waals surface area contributed by atoms with Crippen molar-refractivity contribution >= 4 is 38.3 Å². The van der Waals surface area contributed by atoms with Gasteiger partial charge in [0.1, 0.15) is 0 Å². The second-order valence-electron chi connectivity index (χ2n) is 8.82. The Balaban J connectivity index is 1.95. The Bertz CT molecular complexity index is 936. The first-order valence-electron chi connectivity index (χ1n) is 9.69. The van der Waals surface area contributed by atoms with Gasteiger partial charge in [0.2, 0.25) is 5.91 Å². The summed E-state index contributed by atoms with van der Waals surface area (Å²) < 4.78 is 0.959. The average Bonchev–Trinajstić information content (AvgIpc) is 3.04. The monoisotopic (exact) mass is 470 g/mol. The van der Waals surface area contributed by atoms with Crippen LogP contribution in [0.1, 0.15) is 57.4 Å². The summed E-state index contributed by atoms with van der Waals surface area (Å²) in [7, 11) is 0. The van der Waals surface area contributed by atoms with E-state index in [2.05, 4.69) is 71.3 Å². The third kappa shape index (κ3) is 4.78. The zero-order valence-corrected chi connectivity index (χ0v) is 19.9. The fourth-order valence-corrected chi connectivity index (χ4v) is 5.57. The number of hydrogen-bond donors (Lipinski definition) is 1. The summed E-state index contributed by atoms with van der Waals surface area (Å²) in [5.74, 6) is -0.118. The average molecular weight is 471 g/mol. The SMILES string of the molecule is CC(C)(C)c1nc(NC(=O)C(C)(C)C(c2ccccc2)c2ccccc2)sc1Br. The van der Waals surface area contributed by atoms with E-state index in [-0.39, 0.29) is 17.2 Å². The van der Waals surface area contributed by atoms with Crippen molar-refractivity contribution in [3.05, 3.63) is 81.3 Å². The Kier molecular flexibility index (Phi) is 6.30. The van der Waals surface area contributed by atoms with Crippen LogP contribution in [0.15, 0.2) is 64.5 Å². The molecule has 0 radical (unpaired) electrons. The lowest BCUT2D eigenvalue weighted by molar-refractivity contribution is -0.124. The van der Waals surface area contributed by atoms with Gasteiger partial charge in [-0.25, -0.2) is 4.98 Å². The van der Waals surface area contributed by atoms with Crippen LogP contribution in [0.4, 0.5) is 5.13 Å². The van der Waals surface area contributed by atoms with Gasteiger partial charge in [-0.1, -0.05) is 107 Å². The predicted octanol–water partition coefficient (Wildman–Crippen LogP) is 7.00. The van der Waals surface area contributed by atoms with Crippen molar-refractivity contribution in [2.75, 3.05) is 5.32 Å². The molecule has 29 heavy (non-hydrogen) atoms. The Morgan fingerprint density at radius 1 is 0.931 bits per heavy atom. The molecule has 3 nitrogen and oxygen atoms in total. The smallest absolute Gasteiger partial charge is 0.232 e. The number of carbonyl (C=O) groups is 1. The van der Waals surface area contributed by atoms with E-state index in [1.165, 1.54) is 11.3 Å². The third-order valence-corrected chi connectivity index (χ3v) is 6.71. The molecule has 0 aliphatic heterocycles. The van der Waals surface area contributed by atoms with Crippen molar-refractivity contribution in [2.45, 2.75) is 46.0 Å². The molecule has 0 aliphatic rings. The molecule has 0 unspecified atom stereocenters. The van der Waals surface area contributed by atoms with Crippen molar-refractivity contribution in [2.24, 2.45) is 5.41 Å². The molecule has 5 heteroatoms. The van der Waals surface area contributed by atoms with E-state index in [1.807, 2.05) is 50.2 Å². The summed E-state index contributed by atoms with van der Waals surface area (Å²) >= 11 is 5.06. The van der Waals surface area contributed by atoms with Crippen LogP contribution in [-0.4, -0.2) is 10.9 Å². The molecule has 1 amide bonds. The van der Waals surface area contributed by atoms with Gasteiger partial charge in [-0.05, 0) is 27.1 Å². The van der Waals surface area contributed by atoms with Crippen molar-refractivity contribution in [1.82, 2.24) is 4.98 Å². The second kappa shape index (κ2) is 8.41. The molecular formula is C24H27BrN2OS. The van der Waals surface area contributed by atoms with Crippen molar-refractivity contribution < 1.29 is 4.79 Å². The van der Waals surface area contributed by atoms with Gasteiger partial charge in [-0.2, -0.15) is 0 Å². The maximum Gasteiger partial charge on any atom is 0.232 e. The molecule has 0 saturated carbocycles. The summed E-state index contributed by atoms with van der Waals surface area (Å²) in [6, 6.07) is 20.4. The van der Waals surface area contributed by atoms with E-state index in [0.717, 1.165) is 20.6 Å². The van der Waals surface area contributed by atoms with Gasteiger partial charge in [0, 0.05) is 11.3 Å². The number of thiazole rings is 1. The zero-order valence-electron chi connectivity index (χ0n) is 17.5. The molecule has 0 saturated heterocycles. The minimum Gasteiger partial charge on any atom is -0.301 e. The Labute approximate surface area is 185 Å². The van der Waals surface area contributed by atoms with Crippen molar-refractivity contribution in [3.63, 3.8) is 0 Å². The molecule has 0 bridgehead atoms. The first-order chi connectivity index (χ1) is 13.6. The fraction of sp³-hybridized carbons (Fsp3) is 0.333. The number of hydrogen-bond acceptors (Lipinski definition) is 3. The molecular weight excluding hydrogens is 444 g/mol. The lowest BCUT2D eigenvalue weighted by atomic mass is 9.70. The van der Waals surface area contributed by atoms with E-state index >= 15 is 0 Å². The normalized spacial score (nSPS) is 12.2. The molecule has 0 atom stereocenters. The molecule has 1 N–H and O–H groups in total. The van der Waals surface area contributed by atoms with Gasteiger partial charge < -0.3 is 5.32 Å². The minimum atomic E-state index is -0.678. The maximum atomic E-state index is 13.4. The molecule has 3 aromatic rings. The summed E-state index contributed by atoms with van der Waals surface area (Å²) in [6.07, 6.45) is 0. The van der Waals surface area contributed by atoms with Crippen LogP contribution in [0, 0.1) is 5.41 Å². The summed E-state index contributed by atoms with van der Waals surface area (Å²) in [4.78, 5) is 18.1. The molecule has 2 aromatic carbocycles. The van der Waals surface area contributed by atoms with E-state index in [4.69, 9.17) is 0 Å². The standard InChI is InChI=1S/C24H27BrN2OS/c1-23(2,3)19-20(25)29-22(26-19)27-21(28)24(4,5)18(16-12-8-6-9-13-16)17-14-10-7-11-15-17/h6-15,18H,1-5H3,(H,26,27,28). The van der Waals surface area contributed by atoms with Gasteiger partial charge in [0.05, 0.1) is 14.9 Å². The van der Waals surface area contributed by atoms with Crippen LogP contribution in [0.25, 0.3) is 0 Å². The van der Waals surface area contributed by atoms with Crippen molar-refractivity contribution in [1.29, 1.82) is 0 Å². The Morgan fingerprint density at radius 3 is 1.83 bits per heavy atom. The number of rotatable bonds is 5. The number of halogens is 1. The number of amides is 1. The first-order valence-corrected chi connectivity index (χ1v) is 11.3. The molecule has 0 spiro atoms. The lowest BCUT2D eigenvalue weighted by Gasteiger charge is -2.33. The van der Waals surface area contributed by atoms with Crippen LogP contribution >= 0.6 is 27.3 Å². The van der Waals surface area contributed by atoms with Crippen LogP contribution in [0.3, 0.4) is 0 Å².